The number of hydrogen-bond acceptors (Lipinski definition) is 4. The summed E-state index contributed by atoms with van der Waals surface area (Å²) in [4.78, 5) is 0. The molecule has 0 saturated heterocycles. The van der Waals surface area contributed by atoms with E-state index < -0.39 is 0 Å². The van der Waals surface area contributed by atoms with Crippen LogP contribution in [0.5, 0.6) is 0 Å². The second kappa shape index (κ2) is 5.54. The molecule has 0 aliphatic heterocycles. The Bertz CT molecular complexity index is 188. The molecule has 0 fully saturated rings. The van der Waals surface area contributed by atoms with Gasteiger partial charge in [-0.15, -0.1) is 5.11 Å². The first kappa shape index (κ1) is 10.9. The van der Waals surface area contributed by atoms with Crippen LogP contribution < -0.4 is 5.43 Å². The van der Waals surface area contributed by atoms with Crippen molar-refractivity contribution in [1.29, 1.82) is 0 Å². The molecule has 1 N–H and O–H groups in total. The van der Waals surface area contributed by atoms with E-state index in [0.29, 0.717) is 0 Å². The molecule has 0 heterocycles. The number of hydrazine groups is 1. The third kappa shape index (κ3) is 3.92. The van der Waals surface area contributed by atoms with Crippen molar-refractivity contribution in [3.05, 3.63) is 11.5 Å². The highest BCUT2D eigenvalue weighted by Crippen LogP contribution is 2.05. The molecule has 0 atom stereocenters. The van der Waals surface area contributed by atoms with Crippen LogP contribution in [0.3, 0.4) is 0 Å². The molecule has 0 aliphatic carbocycles. The number of allylic oxidation sites excluding steroid dienone is 2. The van der Waals surface area contributed by atoms with Crippen molar-refractivity contribution in [3.8, 4) is 0 Å². The monoisotopic (exact) mass is 172 g/mol. The second-order valence-electron chi connectivity index (χ2n) is 2.28. The topological polar surface area (TPSA) is 49.2 Å². The Morgan fingerprint density at radius 2 is 2.00 bits per heavy atom. The van der Waals surface area contributed by atoms with Crippen molar-refractivity contribution in [2.45, 2.75) is 13.8 Å². The Labute approximate surface area is 73.0 Å². The quantitative estimate of drug-likeness (QED) is 0.395. The fourth-order valence-corrected chi connectivity index (χ4v) is 0.397. The molecule has 0 aromatic rings. The number of ether oxygens (including phenoxy) is 1. The van der Waals surface area contributed by atoms with Crippen LogP contribution in [-0.2, 0) is 4.74 Å². The van der Waals surface area contributed by atoms with E-state index in [1.807, 2.05) is 13.8 Å². The summed E-state index contributed by atoms with van der Waals surface area (Å²) < 4.78 is 4.96. The van der Waals surface area contributed by atoms with E-state index in [1.54, 1.807) is 21.2 Å². The van der Waals surface area contributed by atoms with Crippen molar-refractivity contribution in [2.75, 3.05) is 21.2 Å². The molecule has 0 rings (SSSR count). The van der Waals surface area contributed by atoms with Gasteiger partial charge >= 0.3 is 0 Å². The predicted octanol–water partition coefficient (Wildman–Crippen LogP) is 1.32. The van der Waals surface area contributed by atoms with Crippen LogP contribution in [0.1, 0.15) is 13.8 Å². The van der Waals surface area contributed by atoms with Gasteiger partial charge in [-0.05, 0) is 13.8 Å². The van der Waals surface area contributed by atoms with Gasteiger partial charge in [-0.3, -0.25) is 0 Å². The van der Waals surface area contributed by atoms with E-state index in [2.05, 4.69) is 15.8 Å². The Balaban J connectivity index is 4.15. The van der Waals surface area contributed by atoms with Gasteiger partial charge in [-0.25, -0.2) is 10.5 Å². The van der Waals surface area contributed by atoms with Crippen LogP contribution >= 0.6 is 0 Å². The van der Waals surface area contributed by atoms with Gasteiger partial charge in [0.1, 0.15) is 5.76 Å². The number of nitrogens with one attached hydrogen (secondary N) is 1. The summed E-state index contributed by atoms with van der Waals surface area (Å²) in [6.45, 7) is 3.68. The van der Waals surface area contributed by atoms with Gasteiger partial charge in [0.25, 0.3) is 0 Å². The number of hydrogen-bond donors (Lipinski definition) is 1. The van der Waals surface area contributed by atoms with Crippen LogP contribution in [0.15, 0.2) is 21.8 Å². The first-order chi connectivity index (χ1) is 5.61. The minimum Gasteiger partial charge on any atom is -0.499 e. The van der Waals surface area contributed by atoms with E-state index >= 15 is 0 Å². The minimum atomic E-state index is 0.764. The number of methoxy groups -OCH3 is 1. The summed E-state index contributed by atoms with van der Waals surface area (Å²) in [6.07, 6.45) is 0. The van der Waals surface area contributed by atoms with Crippen molar-refractivity contribution in [1.82, 2.24) is 10.5 Å². The molecule has 0 aliphatic rings. The van der Waals surface area contributed by atoms with Gasteiger partial charge < -0.3 is 4.74 Å². The third-order valence-electron chi connectivity index (χ3n) is 1.47. The molecule has 0 radical (unpaired) electrons. The highest BCUT2D eigenvalue weighted by atomic mass is 16.5. The summed E-state index contributed by atoms with van der Waals surface area (Å²) in [6, 6.07) is 0. The van der Waals surface area contributed by atoms with Gasteiger partial charge in [-0.1, -0.05) is 5.22 Å². The minimum absolute atomic E-state index is 0.764. The normalized spacial score (nSPS) is 13.1. The number of rotatable bonds is 4. The molecule has 5 nitrogen and oxygen atoms in total. The van der Waals surface area contributed by atoms with Gasteiger partial charge in [-0.2, -0.15) is 0 Å². The second-order valence-corrected chi connectivity index (χ2v) is 2.28. The van der Waals surface area contributed by atoms with E-state index in [4.69, 9.17) is 4.74 Å². The molecule has 0 spiro atoms. The molecule has 0 aromatic heterocycles. The van der Waals surface area contributed by atoms with Crippen molar-refractivity contribution >= 4 is 0 Å². The first-order valence-electron chi connectivity index (χ1n) is 3.66. The molecular weight excluding hydrogens is 156 g/mol. The third-order valence-corrected chi connectivity index (χ3v) is 1.47. The molecule has 0 unspecified atom stereocenters. The summed E-state index contributed by atoms with van der Waals surface area (Å²) >= 11 is 0. The maximum absolute atomic E-state index is 4.96. The van der Waals surface area contributed by atoms with Gasteiger partial charge in [0, 0.05) is 14.1 Å². The fraction of sp³-hybridized carbons (Fsp3) is 0.714. The maximum atomic E-state index is 4.96. The highest BCUT2D eigenvalue weighted by molar-refractivity contribution is 4.99. The molecule has 0 amide bonds. The lowest BCUT2D eigenvalue weighted by atomic mass is 10.4. The van der Waals surface area contributed by atoms with E-state index in [-0.39, 0.29) is 0 Å². The lowest BCUT2D eigenvalue weighted by Gasteiger charge is -2.07. The Kier molecular flexibility index (Phi) is 5.03. The SMILES string of the molecule is CNN(C)N=N/C(C)=C(/C)OC. The largest absolute Gasteiger partial charge is 0.499 e. The van der Waals surface area contributed by atoms with Crippen molar-refractivity contribution in [3.63, 3.8) is 0 Å². The van der Waals surface area contributed by atoms with Crippen LogP contribution in [0.4, 0.5) is 0 Å². The summed E-state index contributed by atoms with van der Waals surface area (Å²) in [7, 11) is 5.14. The Morgan fingerprint density at radius 3 is 2.42 bits per heavy atom. The zero-order chi connectivity index (χ0) is 9.56. The zero-order valence-corrected chi connectivity index (χ0v) is 8.25. The fourth-order valence-electron chi connectivity index (χ4n) is 0.397. The van der Waals surface area contributed by atoms with Gasteiger partial charge in [0.15, 0.2) is 0 Å². The molecule has 5 heteroatoms. The van der Waals surface area contributed by atoms with Gasteiger partial charge in [0.2, 0.25) is 0 Å². The highest BCUT2D eigenvalue weighted by Gasteiger charge is 1.93. The van der Waals surface area contributed by atoms with E-state index in [9.17, 15) is 0 Å². The zero-order valence-electron chi connectivity index (χ0n) is 8.25. The summed E-state index contributed by atoms with van der Waals surface area (Å²) in [5.41, 5.74) is 3.55. The average Bonchev–Trinajstić information content (AvgIpc) is 2.11. The number of nitrogens with zero attached hydrogens (tertiary/aromatic N) is 3. The maximum Gasteiger partial charge on any atom is 0.115 e. The standard InChI is InChI=1S/C7H16N4O/c1-6(7(2)12-5)9-10-11(4)8-3/h8H,1-5H3/b7-6-,10-9?. The van der Waals surface area contributed by atoms with E-state index in [0.717, 1.165) is 11.5 Å². The van der Waals surface area contributed by atoms with Gasteiger partial charge in [0.05, 0.1) is 12.8 Å². The predicted molar refractivity (Wildman–Crippen MR) is 47.1 cm³/mol. The average molecular weight is 172 g/mol. The Hall–Kier alpha value is -1.10. The van der Waals surface area contributed by atoms with Crippen molar-refractivity contribution < 1.29 is 4.74 Å². The van der Waals surface area contributed by atoms with E-state index in [1.165, 1.54) is 5.12 Å². The molecule has 0 saturated carbocycles. The molecule has 70 valence electrons. The first-order valence-corrected chi connectivity index (χ1v) is 3.66. The molecule has 0 aromatic carbocycles. The lowest BCUT2D eigenvalue weighted by molar-refractivity contribution is 0.251. The lowest BCUT2D eigenvalue weighted by Crippen LogP contribution is -2.24. The smallest absolute Gasteiger partial charge is 0.115 e. The van der Waals surface area contributed by atoms with Crippen LogP contribution in [0.2, 0.25) is 0 Å². The molecular formula is C7H16N4O. The Morgan fingerprint density at radius 1 is 1.42 bits per heavy atom. The van der Waals surface area contributed by atoms with Crippen LogP contribution in [0.25, 0.3) is 0 Å². The molecule has 0 bridgehead atoms. The van der Waals surface area contributed by atoms with Crippen molar-refractivity contribution in [2.24, 2.45) is 10.3 Å². The van der Waals surface area contributed by atoms with Crippen LogP contribution in [-0.4, -0.2) is 26.3 Å². The van der Waals surface area contributed by atoms with Crippen LogP contribution in [0, 0.1) is 0 Å². The summed E-state index contributed by atoms with van der Waals surface area (Å²) in [5.74, 6) is 0.767. The molecule has 12 heavy (non-hydrogen) atoms. The summed E-state index contributed by atoms with van der Waals surface area (Å²) in [5, 5.41) is 9.24.